The number of imidazole rings is 1. The number of phosphoric ester groups is 3. The smallest absolute Gasteiger partial charge is 0.274 e. The Morgan fingerprint density at radius 2 is 1.74 bits per heavy atom. The zero-order valence-electron chi connectivity index (χ0n) is 28.5. The van der Waals surface area contributed by atoms with Gasteiger partial charge in [-0.05, 0) is 0 Å². The number of nitrogens with one attached hydrogen (secondary N) is 2. The molecule has 1 saturated heterocycles. The summed E-state index contributed by atoms with van der Waals surface area (Å²) in [6.07, 6.45) is -7.56. The number of aromatic nitrogens is 4. The van der Waals surface area contributed by atoms with E-state index in [1.54, 1.807) is 13.8 Å². The highest BCUT2D eigenvalue weighted by atomic mass is 32.2. The first-order valence-corrected chi connectivity index (χ1v) is 20.8. The molecule has 0 aliphatic carbocycles. The maximum atomic E-state index is 12.5. The SMILES string of the molecule is CC(C)C(=O)SCCNC(=O)CCNC(=O)[C@H](O)C(C)(C)COP(=O)([O-])OP(=O)([O-])OC[C@H]1O[C@@H](n2cnc3c(N)ncnc32)[C@H](O)[C@@H]1OP(=O)([O-])[O-]. The van der Waals surface area contributed by atoms with E-state index in [1.165, 1.54) is 13.8 Å². The molecule has 1 aliphatic rings. The lowest BCUT2D eigenvalue weighted by Gasteiger charge is -2.36. The van der Waals surface area contributed by atoms with Crippen molar-refractivity contribution in [3.63, 3.8) is 0 Å². The van der Waals surface area contributed by atoms with Gasteiger partial charge in [-0.25, -0.2) is 19.3 Å². The number of phosphoric acid groups is 3. The van der Waals surface area contributed by atoms with Gasteiger partial charge in [-0.15, -0.1) is 0 Å². The molecule has 3 rings (SSSR count). The van der Waals surface area contributed by atoms with Crippen LogP contribution in [-0.4, -0.2) is 103 Å². The minimum atomic E-state index is -5.91. The van der Waals surface area contributed by atoms with Crippen LogP contribution in [0.3, 0.4) is 0 Å². The Balaban J connectivity index is 1.52. The molecule has 7 atom stereocenters. The van der Waals surface area contributed by atoms with Crippen molar-refractivity contribution in [1.29, 1.82) is 0 Å². The third kappa shape index (κ3) is 13.4. The summed E-state index contributed by atoms with van der Waals surface area (Å²) in [7, 11) is -17.6. The molecule has 1 aliphatic heterocycles. The van der Waals surface area contributed by atoms with Crippen LogP contribution < -0.4 is 35.9 Å². The molecule has 1 fully saturated rings. The Morgan fingerprint density at radius 1 is 1.08 bits per heavy atom. The number of nitrogens with two attached hydrogens (primary N) is 1. The van der Waals surface area contributed by atoms with Crippen molar-refractivity contribution < 1.29 is 80.5 Å². The molecule has 0 aromatic carbocycles. The second kappa shape index (κ2) is 18.5. The fourth-order valence-electron chi connectivity index (χ4n) is 4.43. The highest BCUT2D eigenvalue weighted by molar-refractivity contribution is 8.13. The Hall–Kier alpha value is -2.44. The molecule has 24 nitrogen and oxygen atoms in total. The van der Waals surface area contributed by atoms with Gasteiger partial charge in [-0.2, -0.15) is 0 Å². The molecule has 0 bridgehead atoms. The lowest BCUT2D eigenvalue weighted by Crippen LogP contribution is -2.46. The van der Waals surface area contributed by atoms with Crippen molar-refractivity contribution in [2.75, 3.05) is 37.8 Å². The average molecular weight is 834 g/mol. The van der Waals surface area contributed by atoms with Gasteiger partial charge in [0.15, 0.2) is 22.8 Å². The molecule has 2 amide bonds. The summed E-state index contributed by atoms with van der Waals surface area (Å²) in [6, 6.07) is 0. The molecule has 53 heavy (non-hydrogen) atoms. The average Bonchev–Trinajstić information content (AvgIpc) is 3.60. The van der Waals surface area contributed by atoms with Gasteiger partial charge in [0.05, 0.1) is 27.4 Å². The second-order valence-corrected chi connectivity index (χ2v) is 17.5. The van der Waals surface area contributed by atoms with Crippen molar-refractivity contribution in [1.82, 2.24) is 30.2 Å². The monoisotopic (exact) mass is 833 g/mol. The van der Waals surface area contributed by atoms with E-state index in [0.29, 0.717) is 5.75 Å². The number of hydrogen-bond donors (Lipinski definition) is 5. The fourth-order valence-corrected chi connectivity index (χ4v) is 7.90. The number of nitrogens with zero attached hydrogens (tertiary/aromatic N) is 4. The quantitative estimate of drug-likeness (QED) is 0.0647. The summed E-state index contributed by atoms with van der Waals surface area (Å²) in [5.74, 6) is -1.34. The van der Waals surface area contributed by atoms with Gasteiger partial charge in [-0.1, -0.05) is 39.5 Å². The van der Waals surface area contributed by atoms with Gasteiger partial charge in [-0.3, -0.25) is 28.1 Å². The maximum Gasteiger partial charge on any atom is 0.274 e. The highest BCUT2D eigenvalue weighted by Gasteiger charge is 2.47. The van der Waals surface area contributed by atoms with Crippen LogP contribution in [-0.2, 0) is 50.7 Å². The molecule has 0 spiro atoms. The maximum absolute atomic E-state index is 12.5. The van der Waals surface area contributed by atoms with E-state index < -0.39 is 84.6 Å². The van der Waals surface area contributed by atoms with Crippen LogP contribution in [0.4, 0.5) is 5.82 Å². The van der Waals surface area contributed by atoms with E-state index in [9.17, 15) is 57.9 Å². The number of aliphatic hydroxyl groups excluding tert-OH is 2. The number of fused-ring (bicyclic) bond motifs is 1. The van der Waals surface area contributed by atoms with Crippen LogP contribution in [0.1, 0.15) is 40.3 Å². The summed E-state index contributed by atoms with van der Waals surface area (Å²) in [6.45, 7) is 3.61. The van der Waals surface area contributed by atoms with Crippen molar-refractivity contribution in [2.45, 2.75) is 64.8 Å². The van der Waals surface area contributed by atoms with E-state index in [2.05, 4.69) is 43.5 Å². The van der Waals surface area contributed by atoms with Gasteiger partial charge in [0.2, 0.25) is 11.8 Å². The Morgan fingerprint density at radius 3 is 2.38 bits per heavy atom. The van der Waals surface area contributed by atoms with E-state index in [-0.39, 0.29) is 47.5 Å². The third-order valence-corrected chi connectivity index (χ3v) is 11.4. The van der Waals surface area contributed by atoms with Crippen molar-refractivity contribution in [3.05, 3.63) is 12.7 Å². The topological polar surface area (TPSA) is 375 Å². The van der Waals surface area contributed by atoms with Crippen molar-refractivity contribution in [2.24, 2.45) is 11.3 Å². The molecular weight excluding hydrogens is 795 g/mol. The molecule has 0 saturated carbocycles. The zero-order chi connectivity index (χ0) is 39.9. The molecule has 6 N–H and O–H groups in total. The first-order chi connectivity index (χ1) is 24.4. The summed E-state index contributed by atoms with van der Waals surface area (Å²) in [5.41, 5.74) is 4.07. The van der Waals surface area contributed by atoms with Gasteiger partial charge in [0, 0.05) is 36.6 Å². The lowest BCUT2D eigenvalue weighted by molar-refractivity contribution is -0.347. The van der Waals surface area contributed by atoms with Gasteiger partial charge in [0.1, 0.15) is 36.3 Å². The van der Waals surface area contributed by atoms with Crippen molar-refractivity contribution in [3.8, 4) is 0 Å². The summed E-state index contributed by atoms with van der Waals surface area (Å²) in [5, 5.41) is 26.1. The standard InChI is InChI=1S/C25H42N7O17P3S/c1-13(2)24(37)53-8-7-27-15(33)5-6-28-22(36)19(35)25(3,4)10-46-52(43,44)49-51(41,42)45-9-14-18(48-50(38,39)40)17(34)23(47-14)32-12-31-16-20(26)29-11-30-21(16)32/h11-14,17-19,23,34-35H,5-10H2,1-4H3,(H,27,33)(H,28,36)(H,41,42)(H,43,44)(H2,26,29,30)(H2,38,39,40)/p-4/t14-,17-,18-,19+,23-/m1/s1. The number of thioether (sulfide) groups is 1. The minimum Gasteiger partial charge on any atom is -0.790 e. The van der Waals surface area contributed by atoms with Crippen LogP contribution in [0.2, 0.25) is 0 Å². The molecule has 300 valence electrons. The number of carbonyl (C=O) groups excluding carboxylic acids is 3. The summed E-state index contributed by atoms with van der Waals surface area (Å²) < 4.78 is 60.3. The summed E-state index contributed by atoms with van der Waals surface area (Å²) in [4.78, 5) is 95.3. The third-order valence-electron chi connectivity index (χ3n) is 7.19. The van der Waals surface area contributed by atoms with Crippen LogP contribution >= 0.6 is 35.2 Å². The number of aliphatic hydroxyl groups is 2. The first kappa shape index (κ1) is 45.0. The largest absolute Gasteiger partial charge is 0.790 e. The van der Waals surface area contributed by atoms with Crippen LogP contribution in [0.15, 0.2) is 12.7 Å². The predicted molar refractivity (Wildman–Crippen MR) is 173 cm³/mol. The number of hydrogen-bond acceptors (Lipinski definition) is 22. The molecule has 2 unspecified atom stereocenters. The van der Waals surface area contributed by atoms with E-state index >= 15 is 0 Å². The minimum absolute atomic E-state index is 0.0208. The molecule has 0 radical (unpaired) electrons. The van der Waals surface area contributed by atoms with Gasteiger partial charge < -0.3 is 69.0 Å². The Bertz CT molecular complexity index is 1760. The van der Waals surface area contributed by atoms with Crippen LogP contribution in [0, 0.1) is 11.3 Å². The number of nitrogen functional groups attached to an aromatic ring is 1. The van der Waals surface area contributed by atoms with E-state index in [0.717, 1.165) is 29.0 Å². The Kier molecular flexibility index (Phi) is 15.7. The number of amides is 2. The molecule has 2 aromatic heterocycles. The van der Waals surface area contributed by atoms with Crippen LogP contribution in [0.25, 0.3) is 11.2 Å². The number of ether oxygens (including phenoxy) is 1. The first-order valence-electron chi connectivity index (χ1n) is 15.4. The molecule has 2 aromatic rings. The number of carbonyl (C=O) groups is 3. The lowest BCUT2D eigenvalue weighted by atomic mass is 9.87. The normalized spacial score (nSPS) is 22.3. The summed E-state index contributed by atoms with van der Waals surface area (Å²) >= 11 is 1.07. The van der Waals surface area contributed by atoms with Gasteiger partial charge >= 0.3 is 0 Å². The van der Waals surface area contributed by atoms with Crippen LogP contribution in [0.5, 0.6) is 0 Å². The zero-order valence-corrected chi connectivity index (χ0v) is 32.0. The highest BCUT2D eigenvalue weighted by Crippen LogP contribution is 2.56. The molecular formula is C25H38N7O17P3S-4. The molecule has 28 heteroatoms. The van der Waals surface area contributed by atoms with E-state index in [1.807, 2.05) is 0 Å². The predicted octanol–water partition coefficient (Wildman–Crippen LogP) is -3.21. The number of rotatable bonds is 20. The second-order valence-electron chi connectivity index (χ2n) is 12.3. The molecule has 3 heterocycles. The fraction of sp³-hybridized carbons (Fsp3) is 0.680. The Labute approximate surface area is 306 Å². The van der Waals surface area contributed by atoms with Crippen molar-refractivity contribution >= 4 is 69.1 Å². The van der Waals surface area contributed by atoms with E-state index in [4.69, 9.17) is 10.5 Å². The van der Waals surface area contributed by atoms with Gasteiger partial charge in [0.25, 0.3) is 15.6 Å². The number of anilines is 1.